The van der Waals surface area contributed by atoms with Crippen LogP contribution in [-0.4, -0.2) is 36.5 Å². The average Bonchev–Trinajstić information content (AvgIpc) is 2.21. The number of nitrogens with zero attached hydrogens (tertiary/aromatic N) is 1. The molecule has 3 nitrogen and oxygen atoms in total. The normalized spacial score (nSPS) is 15.3. The van der Waals surface area contributed by atoms with E-state index < -0.39 is 0 Å². The minimum Gasteiger partial charge on any atom is -0.333 e. The molecule has 1 aromatic carbocycles. The fourth-order valence-corrected chi connectivity index (χ4v) is 2.72. The molecule has 0 saturated carbocycles. The third kappa shape index (κ3) is 2.27. The summed E-state index contributed by atoms with van der Waals surface area (Å²) in [6.07, 6.45) is 0. The molecule has 1 N–H and O–H groups in total. The predicted octanol–water partition coefficient (Wildman–Crippen LogP) is 2.05. The van der Waals surface area contributed by atoms with Crippen LogP contribution in [-0.2, 0) is 0 Å². The predicted molar refractivity (Wildman–Crippen MR) is 74.0 cm³/mol. The number of carbonyl (C=O) groups is 1. The summed E-state index contributed by atoms with van der Waals surface area (Å²) in [7, 11) is 0. The quantitative estimate of drug-likeness (QED) is 0.885. The van der Waals surface area contributed by atoms with Gasteiger partial charge in [0.25, 0.3) is 5.91 Å². The van der Waals surface area contributed by atoms with Gasteiger partial charge in [-0.3, -0.25) is 4.79 Å². The summed E-state index contributed by atoms with van der Waals surface area (Å²) in [4.78, 5) is 14.6. The van der Waals surface area contributed by atoms with Crippen LogP contribution >= 0.6 is 0 Å². The molecule has 1 aliphatic heterocycles. The van der Waals surface area contributed by atoms with Gasteiger partial charge in [0.05, 0.1) is 6.04 Å². The smallest absolute Gasteiger partial charge is 0.254 e. The molecule has 1 saturated heterocycles. The first-order valence-corrected chi connectivity index (χ1v) is 6.64. The number of carbonyl (C=O) groups excluding carboxylic acids is 1. The van der Waals surface area contributed by atoms with Crippen molar-refractivity contribution in [1.29, 1.82) is 0 Å². The molecule has 1 fully saturated rings. The first-order chi connectivity index (χ1) is 8.54. The van der Waals surface area contributed by atoms with Crippen molar-refractivity contribution in [2.24, 2.45) is 0 Å². The summed E-state index contributed by atoms with van der Waals surface area (Å²) in [6.45, 7) is 10.8. The fraction of sp³-hybridized carbons (Fsp3) is 0.533. The molecule has 0 aliphatic carbocycles. The van der Waals surface area contributed by atoms with Crippen LogP contribution in [0.3, 0.4) is 0 Å². The number of benzene rings is 1. The van der Waals surface area contributed by atoms with Crippen molar-refractivity contribution < 1.29 is 4.79 Å². The van der Waals surface area contributed by atoms with E-state index in [0.717, 1.165) is 36.3 Å². The molecule has 1 heterocycles. The molecular formula is C15H22N2O. The first kappa shape index (κ1) is 13.1. The summed E-state index contributed by atoms with van der Waals surface area (Å²) >= 11 is 0. The van der Waals surface area contributed by atoms with Gasteiger partial charge in [0, 0.05) is 25.2 Å². The molecule has 0 radical (unpaired) electrons. The Kier molecular flexibility index (Phi) is 3.71. The second-order valence-corrected chi connectivity index (χ2v) is 5.18. The van der Waals surface area contributed by atoms with Gasteiger partial charge in [-0.15, -0.1) is 0 Å². The molecule has 18 heavy (non-hydrogen) atoms. The number of rotatable bonds is 3. The summed E-state index contributed by atoms with van der Waals surface area (Å²) in [5.41, 5.74) is 4.27. The van der Waals surface area contributed by atoms with Crippen LogP contribution in [0.2, 0.25) is 0 Å². The molecule has 0 aromatic heterocycles. The van der Waals surface area contributed by atoms with E-state index in [1.165, 1.54) is 5.56 Å². The standard InChI is InChI=1S/C15H22N2O/c1-5-17(13-8-16-9-13)15(18)14-11(3)6-10(2)7-12(14)4/h6-7,13,16H,5,8-9H2,1-4H3. The van der Waals surface area contributed by atoms with Gasteiger partial charge in [0.1, 0.15) is 0 Å². The monoisotopic (exact) mass is 246 g/mol. The van der Waals surface area contributed by atoms with E-state index in [2.05, 4.69) is 31.3 Å². The van der Waals surface area contributed by atoms with Crippen molar-refractivity contribution in [3.8, 4) is 0 Å². The number of hydrogen-bond donors (Lipinski definition) is 1. The van der Waals surface area contributed by atoms with Gasteiger partial charge in [-0.1, -0.05) is 17.7 Å². The van der Waals surface area contributed by atoms with Crippen LogP contribution in [0.25, 0.3) is 0 Å². The van der Waals surface area contributed by atoms with Gasteiger partial charge >= 0.3 is 0 Å². The number of amides is 1. The highest BCUT2D eigenvalue weighted by Crippen LogP contribution is 2.20. The van der Waals surface area contributed by atoms with Crippen LogP contribution < -0.4 is 5.32 Å². The zero-order valence-corrected chi connectivity index (χ0v) is 11.7. The Morgan fingerprint density at radius 1 is 1.28 bits per heavy atom. The molecule has 2 rings (SSSR count). The number of aryl methyl sites for hydroxylation is 3. The Bertz CT molecular complexity index is 441. The highest BCUT2D eigenvalue weighted by molar-refractivity contribution is 5.97. The maximum atomic E-state index is 12.7. The van der Waals surface area contributed by atoms with Crippen LogP contribution in [0.15, 0.2) is 12.1 Å². The van der Waals surface area contributed by atoms with Gasteiger partial charge < -0.3 is 10.2 Å². The van der Waals surface area contributed by atoms with Gasteiger partial charge in [-0.05, 0) is 38.8 Å². The molecule has 0 unspecified atom stereocenters. The Hall–Kier alpha value is -1.35. The first-order valence-electron chi connectivity index (χ1n) is 6.64. The third-order valence-corrected chi connectivity index (χ3v) is 3.69. The van der Waals surface area contributed by atoms with Crippen molar-refractivity contribution in [3.63, 3.8) is 0 Å². The fourth-order valence-electron chi connectivity index (χ4n) is 2.72. The van der Waals surface area contributed by atoms with Crippen LogP contribution in [0.5, 0.6) is 0 Å². The second kappa shape index (κ2) is 5.11. The van der Waals surface area contributed by atoms with Gasteiger partial charge in [-0.2, -0.15) is 0 Å². The number of hydrogen-bond acceptors (Lipinski definition) is 2. The molecule has 98 valence electrons. The summed E-state index contributed by atoms with van der Waals surface area (Å²) < 4.78 is 0. The molecule has 3 heteroatoms. The van der Waals surface area contributed by atoms with E-state index in [1.807, 2.05) is 18.7 Å². The Morgan fingerprint density at radius 2 is 1.83 bits per heavy atom. The highest BCUT2D eigenvalue weighted by atomic mass is 16.2. The summed E-state index contributed by atoms with van der Waals surface area (Å²) in [5.74, 6) is 0.180. The Morgan fingerprint density at radius 3 is 2.22 bits per heavy atom. The van der Waals surface area contributed by atoms with Crippen LogP contribution in [0, 0.1) is 20.8 Å². The van der Waals surface area contributed by atoms with Crippen molar-refractivity contribution >= 4 is 5.91 Å². The zero-order chi connectivity index (χ0) is 13.3. The van der Waals surface area contributed by atoms with E-state index in [1.54, 1.807) is 0 Å². The molecule has 0 spiro atoms. The molecule has 1 aromatic rings. The van der Waals surface area contributed by atoms with E-state index in [4.69, 9.17) is 0 Å². The lowest BCUT2D eigenvalue weighted by Crippen LogP contribution is -2.58. The lowest BCUT2D eigenvalue weighted by Gasteiger charge is -2.38. The SMILES string of the molecule is CCN(C(=O)c1c(C)cc(C)cc1C)C1CNC1. The number of likely N-dealkylation sites (N-methyl/N-ethyl adjacent to an activating group) is 1. The van der Waals surface area contributed by atoms with Crippen molar-refractivity contribution in [1.82, 2.24) is 10.2 Å². The topological polar surface area (TPSA) is 32.3 Å². The lowest BCUT2D eigenvalue weighted by molar-refractivity contribution is 0.0628. The summed E-state index contributed by atoms with van der Waals surface area (Å²) in [6, 6.07) is 4.54. The van der Waals surface area contributed by atoms with Crippen molar-refractivity contribution in [3.05, 3.63) is 34.4 Å². The second-order valence-electron chi connectivity index (χ2n) is 5.18. The van der Waals surface area contributed by atoms with Gasteiger partial charge in [0.15, 0.2) is 0 Å². The maximum absolute atomic E-state index is 12.7. The Labute approximate surface area is 109 Å². The van der Waals surface area contributed by atoms with E-state index in [-0.39, 0.29) is 5.91 Å². The third-order valence-electron chi connectivity index (χ3n) is 3.69. The molecular weight excluding hydrogens is 224 g/mol. The minimum atomic E-state index is 0.180. The minimum absolute atomic E-state index is 0.180. The Balaban J connectivity index is 2.32. The molecule has 1 aliphatic rings. The van der Waals surface area contributed by atoms with Crippen molar-refractivity contribution in [2.45, 2.75) is 33.7 Å². The van der Waals surface area contributed by atoms with Crippen LogP contribution in [0.1, 0.15) is 34.0 Å². The number of nitrogens with one attached hydrogen (secondary N) is 1. The zero-order valence-electron chi connectivity index (χ0n) is 11.7. The summed E-state index contributed by atoms with van der Waals surface area (Å²) in [5, 5.41) is 3.23. The van der Waals surface area contributed by atoms with Crippen LogP contribution in [0.4, 0.5) is 0 Å². The van der Waals surface area contributed by atoms with Gasteiger partial charge in [-0.25, -0.2) is 0 Å². The van der Waals surface area contributed by atoms with E-state index >= 15 is 0 Å². The highest BCUT2D eigenvalue weighted by Gasteiger charge is 2.29. The lowest BCUT2D eigenvalue weighted by atomic mass is 9.97. The molecule has 0 bridgehead atoms. The largest absolute Gasteiger partial charge is 0.333 e. The van der Waals surface area contributed by atoms with Crippen molar-refractivity contribution in [2.75, 3.05) is 19.6 Å². The van der Waals surface area contributed by atoms with E-state index in [9.17, 15) is 4.79 Å². The van der Waals surface area contributed by atoms with Gasteiger partial charge in [0.2, 0.25) is 0 Å². The van der Waals surface area contributed by atoms with E-state index in [0.29, 0.717) is 6.04 Å². The maximum Gasteiger partial charge on any atom is 0.254 e. The molecule has 0 atom stereocenters. The average molecular weight is 246 g/mol. The molecule has 1 amide bonds.